The van der Waals surface area contributed by atoms with Gasteiger partial charge >= 0.3 is 6.03 Å². The largest absolute Gasteiger partial charge is 0.382 e. The minimum absolute atomic E-state index is 0.187. The number of nitrogens with one attached hydrogen (secondary N) is 2. The molecule has 2 unspecified atom stereocenters. The van der Waals surface area contributed by atoms with Gasteiger partial charge in [-0.15, -0.1) is 0 Å². The summed E-state index contributed by atoms with van der Waals surface area (Å²) in [7, 11) is 0. The summed E-state index contributed by atoms with van der Waals surface area (Å²) < 4.78 is 11.0. The molecule has 1 saturated heterocycles. The molecule has 2 rings (SSSR count). The third kappa shape index (κ3) is 6.02. The van der Waals surface area contributed by atoms with Crippen LogP contribution in [0.25, 0.3) is 0 Å². The second kappa shape index (κ2) is 9.49. The molecule has 134 valence electrons. The Morgan fingerprint density at radius 1 is 1.25 bits per heavy atom. The minimum atomic E-state index is -0.187. The number of hydrogen-bond acceptors (Lipinski definition) is 4. The van der Waals surface area contributed by atoms with Gasteiger partial charge in [0, 0.05) is 44.2 Å². The molecule has 0 aliphatic carbocycles. The molecule has 0 spiro atoms. The second-order valence-electron chi connectivity index (χ2n) is 6.14. The molecule has 6 nitrogen and oxygen atoms in total. The summed E-state index contributed by atoms with van der Waals surface area (Å²) >= 11 is 0. The molecular weight excluding hydrogens is 306 g/mol. The molecule has 1 aliphatic heterocycles. The van der Waals surface area contributed by atoms with Crippen molar-refractivity contribution in [3.8, 4) is 0 Å². The molecular formula is C18H29N3O3. The molecule has 2 atom stereocenters. The summed E-state index contributed by atoms with van der Waals surface area (Å²) in [5.41, 5.74) is 1.94. The number of morpholine rings is 1. The number of hydrogen-bond donors (Lipinski definition) is 2. The fourth-order valence-corrected chi connectivity index (χ4v) is 2.84. The third-order valence-electron chi connectivity index (χ3n) is 3.87. The molecule has 24 heavy (non-hydrogen) atoms. The predicted molar refractivity (Wildman–Crippen MR) is 96.8 cm³/mol. The zero-order valence-electron chi connectivity index (χ0n) is 14.9. The molecule has 0 saturated carbocycles. The lowest BCUT2D eigenvalue weighted by Crippen LogP contribution is -2.45. The summed E-state index contributed by atoms with van der Waals surface area (Å²) in [6.07, 6.45) is 1.27. The van der Waals surface area contributed by atoms with Gasteiger partial charge in [-0.05, 0) is 51.5 Å². The molecule has 1 aromatic rings. The van der Waals surface area contributed by atoms with Gasteiger partial charge in [-0.3, -0.25) is 0 Å². The monoisotopic (exact) mass is 335 g/mol. The smallest absolute Gasteiger partial charge is 0.319 e. The second-order valence-corrected chi connectivity index (χ2v) is 6.14. The normalized spacial score (nSPS) is 20.7. The fourth-order valence-electron chi connectivity index (χ4n) is 2.84. The van der Waals surface area contributed by atoms with Crippen molar-refractivity contribution >= 4 is 17.4 Å². The third-order valence-corrected chi connectivity index (χ3v) is 3.87. The molecule has 0 aromatic heterocycles. The fraction of sp³-hybridized carbons (Fsp3) is 0.611. The van der Waals surface area contributed by atoms with Gasteiger partial charge in [-0.25, -0.2) is 4.79 Å². The lowest BCUT2D eigenvalue weighted by atomic mass is 10.2. The lowest BCUT2D eigenvalue weighted by Gasteiger charge is -2.36. The Balaban J connectivity index is 1.78. The molecule has 2 N–H and O–H groups in total. The van der Waals surface area contributed by atoms with Gasteiger partial charge in [0.25, 0.3) is 0 Å². The number of anilines is 2. The van der Waals surface area contributed by atoms with E-state index >= 15 is 0 Å². The van der Waals surface area contributed by atoms with E-state index in [1.165, 1.54) is 0 Å². The Labute approximate surface area is 144 Å². The first-order valence-electron chi connectivity index (χ1n) is 8.71. The van der Waals surface area contributed by atoms with Crippen LogP contribution in [0.1, 0.15) is 27.2 Å². The zero-order valence-corrected chi connectivity index (χ0v) is 14.9. The van der Waals surface area contributed by atoms with Crippen LogP contribution >= 0.6 is 0 Å². The highest BCUT2D eigenvalue weighted by Gasteiger charge is 2.22. The number of nitrogens with zero attached hydrogens (tertiary/aromatic N) is 1. The number of carbonyl (C=O) groups is 1. The average Bonchev–Trinajstić information content (AvgIpc) is 2.54. The average molecular weight is 335 g/mol. The maximum Gasteiger partial charge on any atom is 0.319 e. The Morgan fingerprint density at radius 3 is 2.54 bits per heavy atom. The van der Waals surface area contributed by atoms with E-state index in [-0.39, 0.29) is 18.2 Å². The van der Waals surface area contributed by atoms with Gasteiger partial charge in [-0.2, -0.15) is 0 Å². The summed E-state index contributed by atoms with van der Waals surface area (Å²) in [4.78, 5) is 14.1. The number of rotatable bonds is 7. The maximum atomic E-state index is 11.8. The van der Waals surface area contributed by atoms with Crippen molar-refractivity contribution < 1.29 is 14.3 Å². The number of benzene rings is 1. The van der Waals surface area contributed by atoms with Crippen molar-refractivity contribution in [3.63, 3.8) is 0 Å². The highest BCUT2D eigenvalue weighted by Crippen LogP contribution is 2.22. The van der Waals surface area contributed by atoms with Crippen LogP contribution in [0.15, 0.2) is 24.3 Å². The molecule has 1 heterocycles. The Morgan fingerprint density at radius 2 is 1.92 bits per heavy atom. The van der Waals surface area contributed by atoms with Crippen molar-refractivity contribution in [2.75, 3.05) is 43.1 Å². The van der Waals surface area contributed by atoms with Crippen LogP contribution in [-0.2, 0) is 9.47 Å². The topological polar surface area (TPSA) is 62.8 Å². The first kappa shape index (κ1) is 18.5. The van der Waals surface area contributed by atoms with E-state index < -0.39 is 0 Å². The highest BCUT2D eigenvalue weighted by molar-refractivity contribution is 5.89. The van der Waals surface area contributed by atoms with Crippen molar-refractivity contribution in [1.29, 1.82) is 0 Å². The van der Waals surface area contributed by atoms with E-state index in [1.807, 2.05) is 31.2 Å². The van der Waals surface area contributed by atoms with E-state index in [1.54, 1.807) is 0 Å². The number of amides is 2. The van der Waals surface area contributed by atoms with Gasteiger partial charge in [0.1, 0.15) is 0 Å². The minimum Gasteiger partial charge on any atom is -0.382 e. The molecule has 1 fully saturated rings. The Hall–Kier alpha value is -1.79. The number of carbonyl (C=O) groups excluding carboxylic acids is 1. The van der Waals surface area contributed by atoms with Crippen molar-refractivity contribution in [2.24, 2.45) is 0 Å². The van der Waals surface area contributed by atoms with E-state index in [4.69, 9.17) is 9.47 Å². The van der Waals surface area contributed by atoms with E-state index in [2.05, 4.69) is 29.4 Å². The van der Waals surface area contributed by atoms with Crippen LogP contribution in [0, 0.1) is 0 Å². The number of ether oxygens (including phenoxy) is 2. The Kier molecular flexibility index (Phi) is 7.34. The van der Waals surface area contributed by atoms with Crippen LogP contribution in [-0.4, -0.2) is 51.1 Å². The van der Waals surface area contributed by atoms with Gasteiger partial charge in [0.2, 0.25) is 0 Å². The van der Waals surface area contributed by atoms with Gasteiger partial charge < -0.3 is 25.0 Å². The predicted octanol–water partition coefficient (Wildman–Crippen LogP) is 2.85. The molecule has 0 radical (unpaired) electrons. The van der Waals surface area contributed by atoms with Crippen LogP contribution in [0.5, 0.6) is 0 Å². The van der Waals surface area contributed by atoms with Crippen molar-refractivity contribution in [3.05, 3.63) is 24.3 Å². The SMILES string of the molecule is CCOCCCNC(=O)Nc1ccc(N2CC(C)OC(C)C2)cc1. The molecule has 0 bridgehead atoms. The summed E-state index contributed by atoms with van der Waals surface area (Å²) in [6.45, 7) is 9.90. The van der Waals surface area contributed by atoms with E-state index in [0.29, 0.717) is 19.8 Å². The highest BCUT2D eigenvalue weighted by atomic mass is 16.5. The van der Waals surface area contributed by atoms with Gasteiger partial charge in [-0.1, -0.05) is 0 Å². The first-order chi connectivity index (χ1) is 11.6. The maximum absolute atomic E-state index is 11.8. The molecule has 2 amide bonds. The van der Waals surface area contributed by atoms with Crippen LogP contribution < -0.4 is 15.5 Å². The lowest BCUT2D eigenvalue weighted by molar-refractivity contribution is -0.00521. The summed E-state index contributed by atoms with van der Waals surface area (Å²) in [5, 5.41) is 5.67. The summed E-state index contributed by atoms with van der Waals surface area (Å²) in [5.74, 6) is 0. The Bertz CT molecular complexity index is 497. The summed E-state index contributed by atoms with van der Waals surface area (Å²) in [6, 6.07) is 7.75. The van der Waals surface area contributed by atoms with Crippen LogP contribution in [0.2, 0.25) is 0 Å². The van der Waals surface area contributed by atoms with Crippen LogP contribution in [0.4, 0.5) is 16.2 Å². The first-order valence-corrected chi connectivity index (χ1v) is 8.71. The number of urea groups is 1. The van der Waals surface area contributed by atoms with Gasteiger partial charge in [0.15, 0.2) is 0 Å². The standard InChI is InChI=1S/C18H29N3O3/c1-4-23-11-5-10-19-18(22)20-16-6-8-17(9-7-16)21-12-14(2)24-15(3)13-21/h6-9,14-15H,4-5,10-13H2,1-3H3,(H2,19,20,22). The zero-order chi connectivity index (χ0) is 17.4. The van der Waals surface area contributed by atoms with E-state index in [0.717, 1.165) is 30.9 Å². The quantitative estimate of drug-likeness (QED) is 0.752. The molecule has 1 aliphatic rings. The van der Waals surface area contributed by atoms with Crippen molar-refractivity contribution in [1.82, 2.24) is 5.32 Å². The van der Waals surface area contributed by atoms with Crippen LogP contribution in [0.3, 0.4) is 0 Å². The molecule has 1 aromatic carbocycles. The van der Waals surface area contributed by atoms with Gasteiger partial charge in [0.05, 0.1) is 12.2 Å². The van der Waals surface area contributed by atoms with Crippen molar-refractivity contribution in [2.45, 2.75) is 39.4 Å². The van der Waals surface area contributed by atoms with E-state index in [9.17, 15) is 4.79 Å². The molecule has 6 heteroatoms.